The topological polar surface area (TPSA) is 49.4 Å². The number of imide groups is 1. The molecular formula is C12H14N2O2S. The van der Waals surface area contributed by atoms with E-state index >= 15 is 0 Å². The molecule has 0 saturated carbocycles. The summed E-state index contributed by atoms with van der Waals surface area (Å²) in [4.78, 5) is 24.6. The molecule has 17 heavy (non-hydrogen) atoms. The maximum Gasteiger partial charge on any atom is 0.335 e. The van der Waals surface area contributed by atoms with Crippen LogP contribution in [0.1, 0.15) is 19.4 Å². The van der Waals surface area contributed by atoms with Crippen LogP contribution < -0.4 is 5.32 Å². The Labute approximate surface area is 105 Å². The van der Waals surface area contributed by atoms with Crippen LogP contribution in [0.4, 0.5) is 4.79 Å². The van der Waals surface area contributed by atoms with Gasteiger partial charge in [0.05, 0.1) is 0 Å². The lowest BCUT2D eigenvalue weighted by Crippen LogP contribution is -2.39. The predicted molar refractivity (Wildman–Crippen MR) is 66.5 cm³/mol. The third-order valence-corrected chi connectivity index (χ3v) is 3.78. The second-order valence-corrected chi connectivity index (χ2v) is 5.50. The fourth-order valence-corrected chi connectivity index (χ4v) is 2.55. The molecule has 1 aliphatic rings. The number of urea groups is 1. The van der Waals surface area contributed by atoms with Crippen LogP contribution >= 0.6 is 11.9 Å². The molecule has 5 heteroatoms. The molecule has 1 aromatic rings. The first kappa shape index (κ1) is 12.0. The van der Waals surface area contributed by atoms with E-state index in [4.69, 9.17) is 0 Å². The van der Waals surface area contributed by atoms with Gasteiger partial charge in [0.15, 0.2) is 0 Å². The molecule has 1 aliphatic heterocycles. The first-order valence-corrected chi connectivity index (χ1v) is 6.09. The maximum absolute atomic E-state index is 12.0. The zero-order chi connectivity index (χ0) is 12.6. The molecule has 3 amide bonds. The van der Waals surface area contributed by atoms with E-state index in [0.29, 0.717) is 0 Å². The van der Waals surface area contributed by atoms with E-state index < -0.39 is 5.54 Å². The number of benzene rings is 1. The lowest BCUT2D eigenvalue weighted by atomic mass is 10.1. The van der Waals surface area contributed by atoms with Gasteiger partial charge >= 0.3 is 6.03 Å². The van der Waals surface area contributed by atoms with Crippen LogP contribution in [0.25, 0.3) is 0 Å². The van der Waals surface area contributed by atoms with Gasteiger partial charge in [0.25, 0.3) is 5.91 Å². The van der Waals surface area contributed by atoms with Crippen molar-refractivity contribution in [3.8, 4) is 0 Å². The van der Waals surface area contributed by atoms with Gasteiger partial charge < -0.3 is 5.32 Å². The minimum atomic E-state index is -0.813. The van der Waals surface area contributed by atoms with Crippen molar-refractivity contribution in [3.05, 3.63) is 29.8 Å². The average Bonchev–Trinajstić information content (AvgIpc) is 2.43. The van der Waals surface area contributed by atoms with Crippen molar-refractivity contribution in [3.63, 3.8) is 0 Å². The highest BCUT2D eigenvalue weighted by Gasteiger charge is 2.45. The largest absolute Gasteiger partial charge is 0.335 e. The van der Waals surface area contributed by atoms with Crippen molar-refractivity contribution in [2.45, 2.75) is 31.2 Å². The fourth-order valence-electron chi connectivity index (χ4n) is 1.56. The molecule has 0 spiro atoms. The first-order valence-electron chi connectivity index (χ1n) is 5.32. The number of amides is 3. The molecule has 0 radical (unpaired) electrons. The molecular weight excluding hydrogens is 236 g/mol. The molecule has 4 nitrogen and oxygen atoms in total. The zero-order valence-electron chi connectivity index (χ0n) is 9.98. The smallest absolute Gasteiger partial charge is 0.323 e. The summed E-state index contributed by atoms with van der Waals surface area (Å²) in [7, 11) is 0. The standard InChI is InChI=1S/C12H14N2O2S/c1-8-6-4-5-7-9(8)17-14-10(15)12(2,3)13-11(14)16/h4-7H,1-3H3,(H,13,16). The molecule has 1 heterocycles. The van der Waals surface area contributed by atoms with Crippen molar-refractivity contribution in [2.24, 2.45) is 0 Å². The highest BCUT2D eigenvalue weighted by atomic mass is 32.2. The van der Waals surface area contributed by atoms with E-state index in [1.54, 1.807) is 13.8 Å². The van der Waals surface area contributed by atoms with E-state index in [0.717, 1.165) is 10.5 Å². The SMILES string of the molecule is Cc1ccccc1SN1C(=O)NC(C)(C)C1=O. The maximum atomic E-state index is 12.0. The third kappa shape index (κ3) is 2.15. The van der Waals surface area contributed by atoms with Crippen LogP contribution in [0.15, 0.2) is 29.2 Å². The Balaban J connectivity index is 2.23. The molecule has 2 rings (SSSR count). The minimum absolute atomic E-state index is 0.212. The van der Waals surface area contributed by atoms with E-state index in [1.807, 2.05) is 31.2 Å². The third-order valence-electron chi connectivity index (χ3n) is 2.61. The number of nitrogens with one attached hydrogen (secondary N) is 1. The molecule has 1 fully saturated rings. The predicted octanol–water partition coefficient (Wildman–Crippen LogP) is 2.33. The molecule has 0 atom stereocenters. The molecule has 1 saturated heterocycles. The summed E-state index contributed by atoms with van der Waals surface area (Å²) in [5, 5.41) is 2.65. The summed E-state index contributed by atoms with van der Waals surface area (Å²) in [6.07, 6.45) is 0. The van der Waals surface area contributed by atoms with Gasteiger partial charge in [-0.1, -0.05) is 18.2 Å². The van der Waals surface area contributed by atoms with Crippen LogP contribution in [-0.2, 0) is 4.79 Å². The number of carbonyl (C=O) groups excluding carboxylic acids is 2. The van der Waals surface area contributed by atoms with E-state index in [2.05, 4.69) is 5.32 Å². The quantitative estimate of drug-likeness (QED) is 0.647. The molecule has 1 aromatic carbocycles. The van der Waals surface area contributed by atoms with Crippen molar-refractivity contribution < 1.29 is 9.59 Å². The summed E-state index contributed by atoms with van der Waals surface area (Å²) < 4.78 is 1.18. The molecule has 1 N–H and O–H groups in total. The van der Waals surface area contributed by atoms with Crippen molar-refractivity contribution >= 4 is 23.9 Å². The lowest BCUT2D eigenvalue weighted by molar-refractivity contribution is -0.126. The highest BCUT2D eigenvalue weighted by molar-refractivity contribution is 7.98. The Kier molecular flexibility index (Phi) is 2.87. The number of carbonyl (C=O) groups is 2. The van der Waals surface area contributed by atoms with Gasteiger partial charge in [-0.15, -0.1) is 0 Å². The van der Waals surface area contributed by atoms with Crippen LogP contribution in [0.3, 0.4) is 0 Å². The minimum Gasteiger partial charge on any atom is -0.323 e. The number of nitrogens with zero attached hydrogens (tertiary/aromatic N) is 1. The van der Waals surface area contributed by atoms with Crippen molar-refractivity contribution in [1.82, 2.24) is 9.62 Å². The number of hydrogen-bond donors (Lipinski definition) is 1. The van der Waals surface area contributed by atoms with E-state index in [9.17, 15) is 9.59 Å². The molecule has 0 aliphatic carbocycles. The fraction of sp³-hybridized carbons (Fsp3) is 0.333. The Morgan fingerprint density at radius 1 is 1.24 bits per heavy atom. The number of rotatable bonds is 2. The summed E-state index contributed by atoms with van der Waals surface area (Å²) in [5.74, 6) is -0.212. The van der Waals surface area contributed by atoms with Gasteiger partial charge in [0.2, 0.25) is 0 Å². The van der Waals surface area contributed by atoms with Crippen LogP contribution in [0.5, 0.6) is 0 Å². The van der Waals surface area contributed by atoms with Gasteiger partial charge in [-0.3, -0.25) is 4.79 Å². The monoisotopic (exact) mass is 250 g/mol. The Hall–Kier alpha value is -1.49. The number of aryl methyl sites for hydroxylation is 1. The zero-order valence-corrected chi connectivity index (χ0v) is 10.8. The van der Waals surface area contributed by atoms with Crippen molar-refractivity contribution in [1.29, 1.82) is 0 Å². The first-order chi connectivity index (χ1) is 7.92. The normalized spacial score (nSPS) is 18.4. The van der Waals surface area contributed by atoms with E-state index in [1.165, 1.54) is 16.3 Å². The Bertz CT molecular complexity index is 485. The van der Waals surface area contributed by atoms with Crippen LogP contribution in [0, 0.1) is 6.92 Å². The second-order valence-electron chi connectivity index (χ2n) is 4.51. The lowest BCUT2D eigenvalue weighted by Gasteiger charge is -2.15. The molecule has 0 bridgehead atoms. The summed E-state index contributed by atoms with van der Waals surface area (Å²) in [5.41, 5.74) is 0.232. The summed E-state index contributed by atoms with van der Waals surface area (Å²) in [6.45, 7) is 5.35. The average molecular weight is 250 g/mol. The highest BCUT2D eigenvalue weighted by Crippen LogP contribution is 2.31. The second kappa shape index (κ2) is 4.07. The van der Waals surface area contributed by atoms with Gasteiger partial charge in [0, 0.05) is 4.90 Å². The molecule has 0 unspecified atom stereocenters. The Morgan fingerprint density at radius 3 is 2.41 bits per heavy atom. The summed E-state index contributed by atoms with van der Waals surface area (Å²) in [6, 6.07) is 7.31. The summed E-state index contributed by atoms with van der Waals surface area (Å²) >= 11 is 1.17. The Morgan fingerprint density at radius 2 is 1.88 bits per heavy atom. The van der Waals surface area contributed by atoms with E-state index in [-0.39, 0.29) is 11.9 Å². The molecule has 0 aromatic heterocycles. The van der Waals surface area contributed by atoms with Gasteiger partial charge in [-0.2, -0.15) is 4.31 Å². The van der Waals surface area contributed by atoms with Gasteiger partial charge in [-0.05, 0) is 44.3 Å². The van der Waals surface area contributed by atoms with Crippen LogP contribution in [-0.4, -0.2) is 21.8 Å². The van der Waals surface area contributed by atoms with Gasteiger partial charge in [0.1, 0.15) is 5.54 Å². The number of hydrogen-bond acceptors (Lipinski definition) is 3. The molecule has 90 valence electrons. The van der Waals surface area contributed by atoms with Gasteiger partial charge in [-0.25, -0.2) is 4.79 Å². The van der Waals surface area contributed by atoms with Crippen molar-refractivity contribution in [2.75, 3.05) is 0 Å². The van der Waals surface area contributed by atoms with Crippen LogP contribution in [0.2, 0.25) is 0 Å².